The number of hydrogen-bond donors (Lipinski definition) is 1. The Labute approximate surface area is 159 Å². The molecule has 1 N–H and O–H groups in total. The molecule has 0 atom stereocenters. The molecule has 126 valence electrons. The topological polar surface area (TPSA) is 38.3 Å². The molecule has 0 saturated carbocycles. The molecule has 0 radical (unpaired) electrons. The van der Waals surface area contributed by atoms with E-state index in [1.54, 1.807) is 30.3 Å². The number of halogens is 2. The molecule has 0 aliphatic rings. The van der Waals surface area contributed by atoms with Crippen molar-refractivity contribution in [2.75, 3.05) is 5.32 Å². The van der Waals surface area contributed by atoms with Gasteiger partial charge in [-0.3, -0.25) is 4.79 Å². The number of nitrogens with one attached hydrogen (secondary N) is 1. The minimum Gasteiger partial charge on any atom is -0.489 e. The lowest BCUT2D eigenvalue weighted by atomic mass is 10.2. The number of carbonyl (C=O) groups is 1. The molecule has 3 aromatic rings. The fourth-order valence-electron chi connectivity index (χ4n) is 2.25. The van der Waals surface area contributed by atoms with Crippen LogP contribution in [0.5, 0.6) is 5.75 Å². The highest BCUT2D eigenvalue weighted by Gasteiger charge is 2.10. The summed E-state index contributed by atoms with van der Waals surface area (Å²) < 4.78 is 6.61. The Morgan fingerprint density at radius 3 is 2.56 bits per heavy atom. The van der Waals surface area contributed by atoms with Gasteiger partial charge in [-0.15, -0.1) is 0 Å². The van der Waals surface area contributed by atoms with Gasteiger partial charge in [0, 0.05) is 10.0 Å². The smallest absolute Gasteiger partial charge is 0.255 e. The zero-order chi connectivity index (χ0) is 17.6. The maximum Gasteiger partial charge on any atom is 0.255 e. The van der Waals surface area contributed by atoms with Crippen LogP contribution in [0.3, 0.4) is 0 Å². The van der Waals surface area contributed by atoms with E-state index < -0.39 is 0 Å². The number of anilines is 1. The van der Waals surface area contributed by atoms with Crippen LogP contribution in [0.25, 0.3) is 0 Å². The molecule has 5 heteroatoms. The maximum absolute atomic E-state index is 12.4. The largest absolute Gasteiger partial charge is 0.489 e. The van der Waals surface area contributed by atoms with E-state index in [1.807, 2.05) is 42.5 Å². The summed E-state index contributed by atoms with van der Waals surface area (Å²) in [7, 11) is 0. The van der Waals surface area contributed by atoms with E-state index in [2.05, 4.69) is 21.2 Å². The zero-order valence-electron chi connectivity index (χ0n) is 13.2. The third kappa shape index (κ3) is 4.84. The van der Waals surface area contributed by atoms with Gasteiger partial charge in [0.2, 0.25) is 0 Å². The summed E-state index contributed by atoms with van der Waals surface area (Å²) in [5.74, 6) is 0.396. The minimum absolute atomic E-state index is 0.241. The van der Waals surface area contributed by atoms with Gasteiger partial charge in [-0.1, -0.05) is 63.9 Å². The van der Waals surface area contributed by atoms with Gasteiger partial charge in [0.15, 0.2) is 0 Å². The Morgan fingerprint density at radius 1 is 1.00 bits per heavy atom. The first-order valence-electron chi connectivity index (χ1n) is 7.65. The Balaban J connectivity index is 1.69. The molecule has 3 nitrogen and oxygen atoms in total. The predicted molar refractivity (Wildman–Crippen MR) is 104 cm³/mol. The van der Waals surface area contributed by atoms with Crippen LogP contribution in [-0.4, -0.2) is 5.91 Å². The monoisotopic (exact) mass is 415 g/mol. The van der Waals surface area contributed by atoms with Crippen molar-refractivity contribution in [3.05, 3.63) is 93.4 Å². The lowest BCUT2D eigenvalue weighted by Gasteiger charge is -2.10. The highest BCUT2D eigenvalue weighted by molar-refractivity contribution is 9.10. The molecule has 3 aromatic carbocycles. The van der Waals surface area contributed by atoms with Crippen LogP contribution >= 0.6 is 27.5 Å². The predicted octanol–water partition coefficient (Wildman–Crippen LogP) is 5.93. The Morgan fingerprint density at radius 2 is 1.80 bits per heavy atom. The summed E-state index contributed by atoms with van der Waals surface area (Å²) in [4.78, 5) is 12.4. The average Bonchev–Trinajstić information content (AvgIpc) is 2.63. The number of rotatable bonds is 5. The molecule has 0 heterocycles. The van der Waals surface area contributed by atoms with Gasteiger partial charge in [-0.05, 0) is 42.0 Å². The third-order valence-corrected chi connectivity index (χ3v) is 4.33. The van der Waals surface area contributed by atoms with Gasteiger partial charge in [0.25, 0.3) is 5.91 Å². The van der Waals surface area contributed by atoms with Crippen molar-refractivity contribution in [3.8, 4) is 5.75 Å². The maximum atomic E-state index is 12.4. The van der Waals surface area contributed by atoms with Gasteiger partial charge in [0.05, 0.1) is 10.7 Å². The number of hydrogen-bond acceptors (Lipinski definition) is 2. The van der Waals surface area contributed by atoms with Gasteiger partial charge < -0.3 is 10.1 Å². The van der Waals surface area contributed by atoms with E-state index in [0.29, 0.717) is 28.6 Å². The van der Waals surface area contributed by atoms with Crippen LogP contribution in [0.1, 0.15) is 15.9 Å². The van der Waals surface area contributed by atoms with Crippen molar-refractivity contribution in [1.82, 2.24) is 0 Å². The summed E-state index contributed by atoms with van der Waals surface area (Å²) in [6.07, 6.45) is 0. The van der Waals surface area contributed by atoms with Crippen molar-refractivity contribution in [2.24, 2.45) is 0 Å². The Hall–Kier alpha value is -2.30. The van der Waals surface area contributed by atoms with Crippen molar-refractivity contribution in [1.29, 1.82) is 0 Å². The lowest BCUT2D eigenvalue weighted by Crippen LogP contribution is -2.12. The lowest BCUT2D eigenvalue weighted by molar-refractivity contribution is 0.102. The molecule has 0 unspecified atom stereocenters. The van der Waals surface area contributed by atoms with Crippen LogP contribution in [0.15, 0.2) is 77.3 Å². The second-order valence-electron chi connectivity index (χ2n) is 5.38. The van der Waals surface area contributed by atoms with Crippen LogP contribution in [-0.2, 0) is 6.61 Å². The quantitative estimate of drug-likeness (QED) is 0.559. The molecule has 0 aliphatic carbocycles. The standard InChI is InChI=1S/C20H15BrClNO2/c21-16-9-10-19(18(22)12-16)23-20(24)15-7-4-8-17(11-15)25-13-14-5-2-1-3-6-14/h1-12H,13H2,(H,23,24). The van der Waals surface area contributed by atoms with Gasteiger partial charge in [-0.25, -0.2) is 0 Å². The fourth-order valence-corrected chi connectivity index (χ4v) is 2.97. The number of carbonyl (C=O) groups excluding carboxylic acids is 1. The normalized spacial score (nSPS) is 10.3. The number of ether oxygens (including phenoxy) is 1. The molecule has 0 aliphatic heterocycles. The first-order valence-corrected chi connectivity index (χ1v) is 8.82. The minimum atomic E-state index is -0.241. The second-order valence-corrected chi connectivity index (χ2v) is 6.70. The van der Waals surface area contributed by atoms with Crippen LogP contribution < -0.4 is 10.1 Å². The van der Waals surface area contributed by atoms with Crippen LogP contribution in [0.2, 0.25) is 5.02 Å². The molecule has 3 rings (SSSR count). The van der Waals surface area contributed by atoms with Gasteiger partial charge in [-0.2, -0.15) is 0 Å². The van der Waals surface area contributed by atoms with Crippen molar-refractivity contribution < 1.29 is 9.53 Å². The molecule has 0 aromatic heterocycles. The fraction of sp³-hybridized carbons (Fsp3) is 0.0500. The van der Waals surface area contributed by atoms with Crippen LogP contribution in [0.4, 0.5) is 5.69 Å². The summed E-state index contributed by atoms with van der Waals surface area (Å²) in [5.41, 5.74) is 2.13. The molecular formula is C20H15BrClNO2. The van der Waals surface area contributed by atoms with Gasteiger partial charge >= 0.3 is 0 Å². The second kappa shape index (κ2) is 8.19. The number of amides is 1. The Kier molecular flexibility index (Phi) is 5.74. The summed E-state index contributed by atoms with van der Waals surface area (Å²) in [6, 6.07) is 22.2. The van der Waals surface area contributed by atoms with E-state index in [9.17, 15) is 4.79 Å². The SMILES string of the molecule is O=C(Nc1ccc(Br)cc1Cl)c1cccc(OCc2ccccc2)c1. The van der Waals surface area contributed by atoms with Crippen molar-refractivity contribution in [3.63, 3.8) is 0 Å². The average molecular weight is 417 g/mol. The first-order chi connectivity index (χ1) is 12.1. The molecule has 1 amide bonds. The third-order valence-electron chi connectivity index (χ3n) is 3.52. The molecule has 25 heavy (non-hydrogen) atoms. The summed E-state index contributed by atoms with van der Waals surface area (Å²) in [6.45, 7) is 0.449. The van der Waals surface area contributed by atoms with Crippen molar-refractivity contribution >= 4 is 39.1 Å². The van der Waals surface area contributed by atoms with Crippen molar-refractivity contribution in [2.45, 2.75) is 6.61 Å². The number of benzene rings is 3. The van der Waals surface area contributed by atoms with E-state index in [1.165, 1.54) is 0 Å². The first kappa shape index (κ1) is 17.5. The Bertz CT molecular complexity index is 884. The van der Waals surface area contributed by atoms with E-state index in [0.717, 1.165) is 10.0 Å². The summed E-state index contributed by atoms with van der Waals surface area (Å²) >= 11 is 9.48. The van der Waals surface area contributed by atoms with Crippen LogP contribution in [0, 0.1) is 0 Å². The molecule has 0 spiro atoms. The van der Waals surface area contributed by atoms with Gasteiger partial charge in [0.1, 0.15) is 12.4 Å². The highest BCUT2D eigenvalue weighted by atomic mass is 79.9. The summed E-state index contributed by atoms with van der Waals surface area (Å²) in [5, 5.41) is 3.28. The molecule has 0 bridgehead atoms. The molecular weight excluding hydrogens is 402 g/mol. The van der Waals surface area contributed by atoms with E-state index in [-0.39, 0.29) is 5.91 Å². The molecule has 0 saturated heterocycles. The van der Waals surface area contributed by atoms with E-state index >= 15 is 0 Å². The molecule has 0 fully saturated rings. The zero-order valence-corrected chi connectivity index (χ0v) is 15.5. The highest BCUT2D eigenvalue weighted by Crippen LogP contribution is 2.26. The van der Waals surface area contributed by atoms with E-state index in [4.69, 9.17) is 16.3 Å².